The minimum Gasteiger partial charge on any atom is -0.465 e. The molecule has 1 saturated heterocycles. The number of imide groups is 1. The van der Waals surface area contributed by atoms with Gasteiger partial charge in [0.05, 0.1) is 29.3 Å². The molecule has 1 fully saturated rings. The molecule has 4 rings (SSSR count). The molecule has 1 aliphatic heterocycles. The maximum absolute atomic E-state index is 13.2. The van der Waals surface area contributed by atoms with Crippen molar-refractivity contribution in [3.63, 3.8) is 0 Å². The first-order valence-corrected chi connectivity index (χ1v) is 11.2. The van der Waals surface area contributed by atoms with Gasteiger partial charge in [-0.15, -0.1) is 0 Å². The van der Waals surface area contributed by atoms with Crippen LogP contribution in [-0.4, -0.2) is 38.1 Å². The zero-order valence-electron chi connectivity index (χ0n) is 17.8. The maximum atomic E-state index is 13.2. The standard InChI is InChI=1S/C23H21N3O6S/c1-2-32-19(27)13-25-17-9-4-3-8-16(17)21(29)26(23(25)31)12-15-7-5-6-14(10-15)11-18-20(28)24-22(30)33-18/h3-10,18H,2,11-13H2,1H3,(H,24,28,30). The summed E-state index contributed by atoms with van der Waals surface area (Å²) in [5, 5.41) is 1.69. The molecule has 3 aromatic rings. The molecule has 1 unspecified atom stereocenters. The van der Waals surface area contributed by atoms with E-state index in [1.54, 1.807) is 49.4 Å². The maximum Gasteiger partial charge on any atom is 0.332 e. The second kappa shape index (κ2) is 9.45. The summed E-state index contributed by atoms with van der Waals surface area (Å²) < 4.78 is 7.31. The molecular formula is C23H21N3O6S. The number of carbonyl (C=O) groups excluding carboxylic acids is 3. The van der Waals surface area contributed by atoms with Crippen molar-refractivity contribution in [2.45, 2.75) is 31.7 Å². The number of para-hydroxylation sites is 1. The molecule has 0 spiro atoms. The molecule has 2 heterocycles. The Hall–Kier alpha value is -3.66. The van der Waals surface area contributed by atoms with Crippen molar-refractivity contribution >= 4 is 39.8 Å². The molecule has 0 aliphatic carbocycles. The number of amides is 2. The zero-order valence-corrected chi connectivity index (χ0v) is 18.6. The number of nitrogens with one attached hydrogen (secondary N) is 1. The Morgan fingerprint density at radius 2 is 1.79 bits per heavy atom. The van der Waals surface area contributed by atoms with Crippen molar-refractivity contribution in [3.05, 3.63) is 80.5 Å². The number of hydrogen-bond donors (Lipinski definition) is 1. The topological polar surface area (TPSA) is 116 Å². The van der Waals surface area contributed by atoms with E-state index >= 15 is 0 Å². The Kier molecular flexibility index (Phi) is 6.45. The van der Waals surface area contributed by atoms with Crippen LogP contribution >= 0.6 is 11.8 Å². The lowest BCUT2D eigenvalue weighted by molar-refractivity contribution is -0.143. The summed E-state index contributed by atoms with van der Waals surface area (Å²) in [4.78, 5) is 61.7. The molecule has 0 radical (unpaired) electrons. The van der Waals surface area contributed by atoms with Gasteiger partial charge in [-0.3, -0.25) is 33.6 Å². The lowest BCUT2D eigenvalue weighted by Crippen LogP contribution is -2.41. The first-order valence-electron chi connectivity index (χ1n) is 10.3. The molecule has 10 heteroatoms. The third kappa shape index (κ3) is 4.75. The van der Waals surface area contributed by atoms with E-state index in [4.69, 9.17) is 4.74 Å². The van der Waals surface area contributed by atoms with Crippen LogP contribution in [0, 0.1) is 0 Å². The molecule has 170 valence electrons. The third-order valence-corrected chi connectivity index (χ3v) is 6.23. The number of esters is 1. The van der Waals surface area contributed by atoms with Crippen LogP contribution in [0.25, 0.3) is 10.9 Å². The lowest BCUT2D eigenvalue weighted by Gasteiger charge is -2.14. The van der Waals surface area contributed by atoms with Crippen molar-refractivity contribution in [1.29, 1.82) is 0 Å². The summed E-state index contributed by atoms with van der Waals surface area (Å²) in [5.41, 5.74) is 0.764. The SMILES string of the molecule is CCOC(=O)Cn1c(=O)n(Cc2cccc(CC3SC(=O)NC3=O)c2)c(=O)c2ccccc21. The van der Waals surface area contributed by atoms with Crippen LogP contribution in [0.3, 0.4) is 0 Å². The number of ether oxygens (including phenoxy) is 1. The molecule has 0 saturated carbocycles. The Labute approximate surface area is 192 Å². The second-order valence-electron chi connectivity index (χ2n) is 7.49. The van der Waals surface area contributed by atoms with Crippen LogP contribution in [0.15, 0.2) is 58.1 Å². The molecule has 1 aromatic heterocycles. The summed E-state index contributed by atoms with van der Waals surface area (Å²) in [6.07, 6.45) is 0.343. The quantitative estimate of drug-likeness (QED) is 0.526. The van der Waals surface area contributed by atoms with Crippen LogP contribution in [0.4, 0.5) is 4.79 Å². The normalized spacial score (nSPS) is 15.6. The predicted octanol–water partition coefficient (Wildman–Crippen LogP) is 1.67. The van der Waals surface area contributed by atoms with E-state index < -0.39 is 22.5 Å². The van der Waals surface area contributed by atoms with E-state index in [9.17, 15) is 24.0 Å². The molecule has 2 amide bonds. The molecule has 2 aromatic carbocycles. The van der Waals surface area contributed by atoms with Crippen LogP contribution < -0.4 is 16.6 Å². The number of aromatic nitrogens is 2. The molecule has 1 aliphatic rings. The van der Waals surface area contributed by atoms with Gasteiger partial charge in [0.15, 0.2) is 0 Å². The zero-order chi connectivity index (χ0) is 23.5. The van der Waals surface area contributed by atoms with Gasteiger partial charge in [0.25, 0.3) is 10.8 Å². The molecule has 0 bridgehead atoms. The van der Waals surface area contributed by atoms with Crippen molar-refractivity contribution in [2.75, 3.05) is 6.61 Å². The van der Waals surface area contributed by atoms with Gasteiger partial charge < -0.3 is 4.74 Å². The highest BCUT2D eigenvalue weighted by molar-refractivity contribution is 8.15. The van der Waals surface area contributed by atoms with Gasteiger partial charge in [-0.25, -0.2) is 4.79 Å². The minimum absolute atomic E-state index is 0.0118. The first kappa shape index (κ1) is 22.5. The Morgan fingerprint density at radius 3 is 2.52 bits per heavy atom. The molecule has 33 heavy (non-hydrogen) atoms. The van der Waals surface area contributed by atoms with Gasteiger partial charge in [-0.2, -0.15) is 0 Å². The van der Waals surface area contributed by atoms with Crippen molar-refractivity contribution in [3.8, 4) is 0 Å². The van der Waals surface area contributed by atoms with E-state index in [1.165, 1.54) is 4.57 Å². The summed E-state index contributed by atoms with van der Waals surface area (Å²) in [6, 6.07) is 13.8. The fraction of sp³-hybridized carbons (Fsp3) is 0.261. The van der Waals surface area contributed by atoms with Gasteiger partial charge in [0.1, 0.15) is 6.54 Å². The second-order valence-corrected chi connectivity index (χ2v) is 8.66. The number of hydrogen-bond acceptors (Lipinski definition) is 7. The average molecular weight is 468 g/mol. The minimum atomic E-state index is -0.617. The fourth-order valence-electron chi connectivity index (χ4n) is 3.78. The van der Waals surface area contributed by atoms with Crippen molar-refractivity contribution < 1.29 is 19.1 Å². The van der Waals surface area contributed by atoms with E-state index in [0.29, 0.717) is 22.9 Å². The van der Waals surface area contributed by atoms with Crippen LogP contribution in [0.1, 0.15) is 18.1 Å². The van der Waals surface area contributed by atoms with E-state index in [2.05, 4.69) is 5.32 Å². The summed E-state index contributed by atoms with van der Waals surface area (Å²) in [6.45, 7) is 1.54. The number of thioether (sulfide) groups is 1. The van der Waals surface area contributed by atoms with Gasteiger partial charge >= 0.3 is 11.7 Å². The highest BCUT2D eigenvalue weighted by atomic mass is 32.2. The average Bonchev–Trinajstić information content (AvgIpc) is 3.11. The predicted molar refractivity (Wildman–Crippen MR) is 123 cm³/mol. The highest BCUT2D eigenvalue weighted by Gasteiger charge is 2.31. The van der Waals surface area contributed by atoms with E-state index in [-0.39, 0.29) is 30.8 Å². The third-order valence-electron chi connectivity index (χ3n) is 5.24. The Bertz CT molecular complexity index is 1380. The van der Waals surface area contributed by atoms with Crippen LogP contribution in [0.2, 0.25) is 0 Å². The first-order chi connectivity index (χ1) is 15.9. The number of nitrogens with zero attached hydrogens (tertiary/aromatic N) is 2. The largest absolute Gasteiger partial charge is 0.465 e. The lowest BCUT2D eigenvalue weighted by atomic mass is 10.1. The molecule has 1 atom stereocenters. The van der Waals surface area contributed by atoms with Gasteiger partial charge in [-0.1, -0.05) is 48.2 Å². The number of fused-ring (bicyclic) bond motifs is 1. The molecule has 9 nitrogen and oxygen atoms in total. The van der Waals surface area contributed by atoms with Crippen LogP contribution in [0.5, 0.6) is 0 Å². The number of carbonyl (C=O) groups is 3. The van der Waals surface area contributed by atoms with Crippen molar-refractivity contribution in [1.82, 2.24) is 14.5 Å². The fourth-order valence-corrected chi connectivity index (χ4v) is 4.64. The van der Waals surface area contributed by atoms with E-state index in [0.717, 1.165) is 21.9 Å². The van der Waals surface area contributed by atoms with Gasteiger partial charge in [-0.05, 0) is 36.6 Å². The Balaban J connectivity index is 1.70. The van der Waals surface area contributed by atoms with Crippen molar-refractivity contribution in [2.24, 2.45) is 0 Å². The molecular weight excluding hydrogens is 446 g/mol. The van der Waals surface area contributed by atoms with E-state index in [1.807, 2.05) is 6.07 Å². The summed E-state index contributed by atoms with van der Waals surface area (Å²) in [7, 11) is 0. The highest BCUT2D eigenvalue weighted by Crippen LogP contribution is 2.23. The van der Waals surface area contributed by atoms with Crippen LogP contribution in [-0.2, 0) is 33.8 Å². The number of rotatable bonds is 7. The Morgan fingerprint density at radius 1 is 1.03 bits per heavy atom. The monoisotopic (exact) mass is 467 g/mol. The summed E-state index contributed by atoms with van der Waals surface area (Å²) >= 11 is 0.944. The number of benzene rings is 2. The smallest absolute Gasteiger partial charge is 0.332 e. The molecule has 1 N–H and O–H groups in total. The summed E-state index contributed by atoms with van der Waals surface area (Å²) in [5.74, 6) is -0.901. The van der Waals surface area contributed by atoms with Gasteiger partial charge in [0.2, 0.25) is 5.91 Å². The van der Waals surface area contributed by atoms with Gasteiger partial charge in [0, 0.05) is 0 Å².